The van der Waals surface area contributed by atoms with E-state index >= 15 is 0 Å². The van der Waals surface area contributed by atoms with Crippen LogP contribution in [0.4, 0.5) is 0 Å². The Bertz CT molecular complexity index is 1460. The monoisotopic (exact) mass is 402 g/mol. The van der Waals surface area contributed by atoms with Gasteiger partial charge in [-0.15, -0.1) is 0 Å². The van der Waals surface area contributed by atoms with Crippen LogP contribution in [-0.4, -0.2) is 17.1 Å². The Balaban J connectivity index is 1.63. The fraction of sp³-hybridized carbons (Fsp3) is 0.130. The molecular formula is C23H18N2O3S. The van der Waals surface area contributed by atoms with Gasteiger partial charge in [-0.25, -0.2) is 0 Å². The quantitative estimate of drug-likeness (QED) is 0.413. The Morgan fingerprint density at radius 3 is 2.79 bits per heavy atom. The second-order valence-corrected chi connectivity index (χ2v) is 7.72. The molecule has 1 amide bonds. The average Bonchev–Trinajstić information content (AvgIpc) is 3.31. The van der Waals surface area contributed by atoms with Crippen molar-refractivity contribution in [3.05, 3.63) is 71.2 Å². The maximum absolute atomic E-state index is 12.8. The fourth-order valence-electron chi connectivity index (χ4n) is 3.58. The van der Waals surface area contributed by atoms with Crippen molar-refractivity contribution >= 4 is 49.2 Å². The molecule has 5 rings (SSSR count). The summed E-state index contributed by atoms with van der Waals surface area (Å²) in [6, 6.07) is 19.7. The second kappa shape index (κ2) is 6.90. The Morgan fingerprint density at radius 1 is 1.10 bits per heavy atom. The van der Waals surface area contributed by atoms with Crippen molar-refractivity contribution in [3.8, 4) is 5.75 Å². The minimum absolute atomic E-state index is 0.203. The van der Waals surface area contributed by atoms with Gasteiger partial charge in [0.25, 0.3) is 0 Å². The molecule has 0 radical (unpaired) electrons. The van der Waals surface area contributed by atoms with Crippen LogP contribution >= 0.6 is 11.3 Å². The summed E-state index contributed by atoms with van der Waals surface area (Å²) in [6.07, 6.45) is 0. The normalized spacial score (nSPS) is 12.3. The zero-order valence-electron chi connectivity index (χ0n) is 16.0. The highest BCUT2D eigenvalue weighted by Crippen LogP contribution is 2.29. The minimum Gasteiger partial charge on any atom is -0.490 e. The highest BCUT2D eigenvalue weighted by Gasteiger charge is 2.15. The Hall–Kier alpha value is -3.38. The molecule has 3 aromatic carbocycles. The highest BCUT2D eigenvalue weighted by atomic mass is 32.1. The van der Waals surface area contributed by atoms with Crippen molar-refractivity contribution in [3.63, 3.8) is 0 Å². The molecule has 0 bridgehead atoms. The van der Waals surface area contributed by atoms with E-state index in [1.165, 1.54) is 11.3 Å². The van der Waals surface area contributed by atoms with Gasteiger partial charge in [0.1, 0.15) is 0 Å². The molecule has 5 aromatic rings. The first-order valence-corrected chi connectivity index (χ1v) is 10.2. The molecule has 144 valence electrons. The predicted molar refractivity (Wildman–Crippen MR) is 116 cm³/mol. The van der Waals surface area contributed by atoms with E-state index in [1.807, 2.05) is 48.9 Å². The summed E-state index contributed by atoms with van der Waals surface area (Å²) in [6.45, 7) is 2.44. The van der Waals surface area contributed by atoms with Gasteiger partial charge < -0.3 is 13.7 Å². The van der Waals surface area contributed by atoms with Crippen LogP contribution in [0.5, 0.6) is 5.75 Å². The van der Waals surface area contributed by atoms with Gasteiger partial charge in [0, 0.05) is 17.8 Å². The van der Waals surface area contributed by atoms with Crippen LogP contribution in [0.1, 0.15) is 17.5 Å². The van der Waals surface area contributed by atoms with E-state index in [0.29, 0.717) is 22.7 Å². The van der Waals surface area contributed by atoms with Crippen molar-refractivity contribution in [1.29, 1.82) is 0 Å². The number of para-hydroxylation sites is 1. The SMILES string of the molecule is CCOc1cccc2cc(C(=O)N=c3sc4ccc5ccccc5c4n3C)oc12. The summed E-state index contributed by atoms with van der Waals surface area (Å²) in [5.41, 5.74) is 1.64. The zero-order valence-corrected chi connectivity index (χ0v) is 16.8. The first-order chi connectivity index (χ1) is 14.2. The topological polar surface area (TPSA) is 56.7 Å². The summed E-state index contributed by atoms with van der Waals surface area (Å²) in [4.78, 5) is 17.8. The molecule has 6 heteroatoms. The molecule has 2 heterocycles. The summed E-state index contributed by atoms with van der Waals surface area (Å²) in [7, 11) is 1.93. The number of aryl methyl sites for hydroxylation is 1. The molecule has 0 aliphatic rings. The third kappa shape index (κ3) is 2.93. The van der Waals surface area contributed by atoms with Crippen LogP contribution in [-0.2, 0) is 7.05 Å². The van der Waals surface area contributed by atoms with Crippen molar-refractivity contribution < 1.29 is 13.9 Å². The lowest BCUT2D eigenvalue weighted by molar-refractivity contribution is 0.0973. The number of benzene rings is 3. The van der Waals surface area contributed by atoms with Crippen LogP contribution in [0.25, 0.3) is 32.0 Å². The van der Waals surface area contributed by atoms with E-state index in [4.69, 9.17) is 9.15 Å². The lowest BCUT2D eigenvalue weighted by Gasteiger charge is -2.02. The summed E-state index contributed by atoms with van der Waals surface area (Å²) in [5, 5.41) is 3.12. The van der Waals surface area contributed by atoms with Crippen molar-refractivity contribution in [1.82, 2.24) is 4.57 Å². The Morgan fingerprint density at radius 2 is 1.93 bits per heavy atom. The molecule has 29 heavy (non-hydrogen) atoms. The molecule has 0 atom stereocenters. The van der Waals surface area contributed by atoms with E-state index < -0.39 is 5.91 Å². The largest absolute Gasteiger partial charge is 0.490 e. The number of carbonyl (C=O) groups is 1. The van der Waals surface area contributed by atoms with Gasteiger partial charge >= 0.3 is 5.91 Å². The third-order valence-electron chi connectivity index (χ3n) is 4.90. The molecule has 2 aromatic heterocycles. The van der Waals surface area contributed by atoms with Crippen molar-refractivity contribution in [2.75, 3.05) is 6.61 Å². The molecule has 0 unspecified atom stereocenters. The highest BCUT2D eigenvalue weighted by molar-refractivity contribution is 7.16. The summed E-state index contributed by atoms with van der Waals surface area (Å²) >= 11 is 1.49. The first-order valence-electron chi connectivity index (χ1n) is 9.37. The number of thiazole rings is 1. The van der Waals surface area contributed by atoms with Crippen molar-refractivity contribution in [2.45, 2.75) is 6.92 Å². The maximum Gasteiger partial charge on any atom is 0.315 e. The zero-order chi connectivity index (χ0) is 20.0. The first kappa shape index (κ1) is 17.7. The molecule has 0 aliphatic carbocycles. The van der Waals surface area contributed by atoms with Gasteiger partial charge in [0.05, 0.1) is 16.8 Å². The van der Waals surface area contributed by atoms with Gasteiger partial charge in [0.2, 0.25) is 0 Å². The van der Waals surface area contributed by atoms with E-state index in [0.717, 1.165) is 26.4 Å². The second-order valence-electron chi connectivity index (χ2n) is 6.71. The molecule has 0 saturated heterocycles. The van der Waals surface area contributed by atoms with Crippen LogP contribution in [0.3, 0.4) is 0 Å². The minimum atomic E-state index is -0.407. The summed E-state index contributed by atoms with van der Waals surface area (Å²) in [5.74, 6) is 0.424. The number of fused-ring (bicyclic) bond motifs is 4. The van der Waals surface area contributed by atoms with E-state index in [1.54, 1.807) is 6.07 Å². The van der Waals surface area contributed by atoms with Gasteiger partial charge in [-0.05, 0) is 30.5 Å². The van der Waals surface area contributed by atoms with Gasteiger partial charge in [-0.3, -0.25) is 4.79 Å². The number of amides is 1. The van der Waals surface area contributed by atoms with Crippen LogP contribution in [0.15, 0.2) is 70.1 Å². The molecule has 0 spiro atoms. The summed E-state index contributed by atoms with van der Waals surface area (Å²) < 4.78 is 14.4. The van der Waals surface area contributed by atoms with Crippen molar-refractivity contribution in [2.24, 2.45) is 12.0 Å². The number of ether oxygens (including phenoxy) is 1. The van der Waals surface area contributed by atoms with Gasteiger partial charge in [0.15, 0.2) is 21.9 Å². The number of carbonyl (C=O) groups excluding carboxylic acids is 1. The van der Waals surface area contributed by atoms with Gasteiger partial charge in [-0.1, -0.05) is 53.8 Å². The molecule has 0 aliphatic heterocycles. The third-order valence-corrected chi connectivity index (χ3v) is 6.00. The number of furan rings is 1. The maximum atomic E-state index is 12.8. The molecule has 5 nitrogen and oxygen atoms in total. The lowest BCUT2D eigenvalue weighted by Crippen LogP contribution is -2.13. The van der Waals surface area contributed by atoms with Crippen LogP contribution in [0, 0.1) is 0 Å². The van der Waals surface area contributed by atoms with E-state index in [9.17, 15) is 4.79 Å². The molecule has 0 saturated carbocycles. The number of aromatic nitrogens is 1. The standard InChI is InChI=1S/C23H18N2O3S/c1-3-27-17-10-6-8-15-13-18(28-21(15)17)22(26)24-23-25(2)20-16-9-5-4-7-14(16)11-12-19(20)29-23/h4-13H,3H2,1-2H3. The smallest absolute Gasteiger partial charge is 0.315 e. The number of nitrogens with zero attached hydrogens (tertiary/aromatic N) is 2. The van der Waals surface area contributed by atoms with E-state index in [-0.39, 0.29) is 5.76 Å². The lowest BCUT2D eigenvalue weighted by atomic mass is 10.1. The predicted octanol–water partition coefficient (Wildman–Crippen LogP) is 5.28. The Labute approximate surface area is 170 Å². The van der Waals surface area contributed by atoms with Crippen LogP contribution in [0.2, 0.25) is 0 Å². The Kier molecular flexibility index (Phi) is 4.21. The van der Waals surface area contributed by atoms with E-state index in [2.05, 4.69) is 29.3 Å². The number of rotatable bonds is 3. The molecular weight excluding hydrogens is 384 g/mol. The number of hydrogen-bond acceptors (Lipinski definition) is 4. The van der Waals surface area contributed by atoms with Gasteiger partial charge in [-0.2, -0.15) is 4.99 Å². The molecule has 0 fully saturated rings. The number of hydrogen-bond donors (Lipinski definition) is 0. The fourth-order valence-corrected chi connectivity index (χ4v) is 4.61. The average molecular weight is 402 g/mol. The van der Waals surface area contributed by atoms with Crippen LogP contribution < -0.4 is 9.54 Å². The molecule has 0 N–H and O–H groups in total.